The highest BCUT2D eigenvalue weighted by Crippen LogP contribution is 2.32. The third-order valence-electron chi connectivity index (χ3n) is 2.64. The SMILES string of the molecule is COC1(c2ccc(C)cc2)COC1. The van der Waals surface area contributed by atoms with Gasteiger partial charge in [-0.1, -0.05) is 29.8 Å². The van der Waals surface area contributed by atoms with E-state index in [1.807, 2.05) is 0 Å². The molecule has 0 aromatic heterocycles. The zero-order chi connectivity index (χ0) is 9.31. The van der Waals surface area contributed by atoms with E-state index < -0.39 is 0 Å². The Morgan fingerprint density at radius 2 is 1.85 bits per heavy atom. The molecule has 0 N–H and O–H groups in total. The lowest BCUT2D eigenvalue weighted by atomic mass is 9.91. The van der Waals surface area contributed by atoms with Crippen LogP contribution in [0.2, 0.25) is 0 Å². The molecule has 70 valence electrons. The van der Waals surface area contributed by atoms with Gasteiger partial charge in [-0.3, -0.25) is 0 Å². The largest absolute Gasteiger partial charge is 0.375 e. The molecule has 0 atom stereocenters. The second-order valence-electron chi connectivity index (χ2n) is 3.56. The summed E-state index contributed by atoms with van der Waals surface area (Å²) in [6, 6.07) is 8.44. The fourth-order valence-corrected chi connectivity index (χ4v) is 1.55. The number of hydrogen-bond acceptors (Lipinski definition) is 2. The molecule has 2 nitrogen and oxygen atoms in total. The van der Waals surface area contributed by atoms with Crippen molar-refractivity contribution in [2.45, 2.75) is 12.5 Å². The van der Waals surface area contributed by atoms with Crippen LogP contribution in [-0.2, 0) is 15.1 Å². The number of benzene rings is 1. The molecule has 0 bridgehead atoms. The van der Waals surface area contributed by atoms with Crippen molar-refractivity contribution in [3.05, 3.63) is 35.4 Å². The molecule has 1 aromatic carbocycles. The molecule has 1 heterocycles. The van der Waals surface area contributed by atoms with Crippen LogP contribution in [0.5, 0.6) is 0 Å². The van der Waals surface area contributed by atoms with Gasteiger partial charge in [-0.2, -0.15) is 0 Å². The van der Waals surface area contributed by atoms with Crippen molar-refractivity contribution in [3.63, 3.8) is 0 Å². The minimum absolute atomic E-state index is 0.173. The number of aryl methyl sites for hydroxylation is 1. The Morgan fingerprint density at radius 3 is 2.23 bits per heavy atom. The van der Waals surface area contributed by atoms with Crippen LogP contribution in [-0.4, -0.2) is 20.3 Å². The van der Waals surface area contributed by atoms with E-state index in [0.717, 1.165) is 0 Å². The first-order valence-corrected chi connectivity index (χ1v) is 4.47. The fourth-order valence-electron chi connectivity index (χ4n) is 1.55. The Kier molecular flexibility index (Phi) is 2.10. The van der Waals surface area contributed by atoms with E-state index in [9.17, 15) is 0 Å². The topological polar surface area (TPSA) is 18.5 Å². The summed E-state index contributed by atoms with van der Waals surface area (Å²) >= 11 is 0. The van der Waals surface area contributed by atoms with Crippen LogP contribution in [0.1, 0.15) is 11.1 Å². The summed E-state index contributed by atoms with van der Waals surface area (Å²) in [5, 5.41) is 0. The second kappa shape index (κ2) is 3.13. The van der Waals surface area contributed by atoms with Crippen LogP contribution in [0.3, 0.4) is 0 Å². The van der Waals surface area contributed by atoms with Gasteiger partial charge in [0.15, 0.2) is 0 Å². The van der Waals surface area contributed by atoms with Crippen LogP contribution < -0.4 is 0 Å². The lowest BCUT2D eigenvalue weighted by molar-refractivity contribution is -0.202. The Balaban J connectivity index is 2.28. The van der Waals surface area contributed by atoms with Crippen LogP contribution in [0.25, 0.3) is 0 Å². The quantitative estimate of drug-likeness (QED) is 0.688. The zero-order valence-electron chi connectivity index (χ0n) is 8.04. The molecule has 1 aliphatic heterocycles. The van der Waals surface area contributed by atoms with E-state index >= 15 is 0 Å². The molecule has 0 spiro atoms. The summed E-state index contributed by atoms with van der Waals surface area (Å²) in [6.07, 6.45) is 0. The van der Waals surface area contributed by atoms with Crippen LogP contribution >= 0.6 is 0 Å². The van der Waals surface area contributed by atoms with Crippen molar-refractivity contribution in [2.75, 3.05) is 20.3 Å². The summed E-state index contributed by atoms with van der Waals surface area (Å²) in [4.78, 5) is 0. The molecule has 13 heavy (non-hydrogen) atoms. The summed E-state index contributed by atoms with van der Waals surface area (Å²) in [7, 11) is 1.74. The molecule has 0 unspecified atom stereocenters. The van der Waals surface area contributed by atoms with Crippen molar-refractivity contribution < 1.29 is 9.47 Å². The minimum atomic E-state index is -0.173. The smallest absolute Gasteiger partial charge is 0.139 e. The fraction of sp³-hybridized carbons (Fsp3) is 0.455. The van der Waals surface area contributed by atoms with Crippen molar-refractivity contribution in [2.24, 2.45) is 0 Å². The zero-order valence-corrected chi connectivity index (χ0v) is 8.04. The maximum Gasteiger partial charge on any atom is 0.139 e. The van der Waals surface area contributed by atoms with Gasteiger partial charge >= 0.3 is 0 Å². The molecule has 2 rings (SSSR count). The van der Waals surface area contributed by atoms with E-state index in [2.05, 4.69) is 31.2 Å². The van der Waals surface area contributed by atoms with Gasteiger partial charge in [0.1, 0.15) is 5.60 Å². The first-order valence-electron chi connectivity index (χ1n) is 4.47. The predicted molar refractivity (Wildman–Crippen MR) is 50.7 cm³/mol. The van der Waals surface area contributed by atoms with Gasteiger partial charge in [0.05, 0.1) is 13.2 Å². The van der Waals surface area contributed by atoms with Crippen LogP contribution in [0.4, 0.5) is 0 Å². The normalized spacial score (nSPS) is 19.5. The van der Waals surface area contributed by atoms with E-state index in [-0.39, 0.29) is 5.60 Å². The summed E-state index contributed by atoms with van der Waals surface area (Å²) in [6.45, 7) is 3.43. The van der Waals surface area contributed by atoms with E-state index in [1.165, 1.54) is 11.1 Å². The van der Waals surface area contributed by atoms with Crippen molar-refractivity contribution in [1.82, 2.24) is 0 Å². The molecule has 0 aliphatic carbocycles. The molecule has 0 radical (unpaired) electrons. The summed E-state index contributed by atoms with van der Waals surface area (Å²) in [5.74, 6) is 0. The Labute approximate surface area is 78.5 Å². The third-order valence-corrected chi connectivity index (χ3v) is 2.64. The third kappa shape index (κ3) is 1.36. The highest BCUT2D eigenvalue weighted by Gasteiger charge is 2.40. The van der Waals surface area contributed by atoms with Gasteiger partial charge in [-0.15, -0.1) is 0 Å². The Bertz CT molecular complexity index is 280. The van der Waals surface area contributed by atoms with E-state index in [4.69, 9.17) is 9.47 Å². The second-order valence-corrected chi connectivity index (χ2v) is 3.56. The van der Waals surface area contributed by atoms with Crippen molar-refractivity contribution in [1.29, 1.82) is 0 Å². The average Bonchev–Trinajstić information content (AvgIpc) is 2.07. The molecular weight excluding hydrogens is 164 g/mol. The minimum Gasteiger partial charge on any atom is -0.375 e. The lowest BCUT2D eigenvalue weighted by Gasteiger charge is -2.40. The number of methoxy groups -OCH3 is 1. The van der Waals surface area contributed by atoms with Gasteiger partial charge in [0.2, 0.25) is 0 Å². The van der Waals surface area contributed by atoms with Gasteiger partial charge in [-0.25, -0.2) is 0 Å². The number of ether oxygens (including phenoxy) is 2. The van der Waals surface area contributed by atoms with Gasteiger partial charge in [-0.05, 0) is 12.5 Å². The molecule has 1 saturated heterocycles. The predicted octanol–water partition coefficient (Wildman–Crippen LogP) is 1.87. The highest BCUT2D eigenvalue weighted by molar-refractivity contribution is 5.28. The standard InChI is InChI=1S/C11H14O2/c1-9-3-5-10(6-4-9)11(12-2)7-13-8-11/h3-6H,7-8H2,1-2H3. The van der Waals surface area contributed by atoms with Crippen molar-refractivity contribution in [3.8, 4) is 0 Å². The molecule has 0 amide bonds. The maximum absolute atomic E-state index is 5.47. The molecule has 0 saturated carbocycles. The molecule has 1 fully saturated rings. The first kappa shape index (κ1) is 8.73. The number of rotatable bonds is 2. The van der Waals surface area contributed by atoms with Gasteiger partial charge < -0.3 is 9.47 Å². The maximum atomic E-state index is 5.47. The summed E-state index contributed by atoms with van der Waals surface area (Å²) < 4.78 is 10.7. The van der Waals surface area contributed by atoms with E-state index in [1.54, 1.807) is 7.11 Å². The summed E-state index contributed by atoms with van der Waals surface area (Å²) in [5.41, 5.74) is 2.32. The molecular formula is C11H14O2. The highest BCUT2D eigenvalue weighted by atomic mass is 16.6. The molecule has 1 aromatic rings. The lowest BCUT2D eigenvalue weighted by Crippen LogP contribution is -2.48. The average molecular weight is 178 g/mol. The van der Waals surface area contributed by atoms with Gasteiger partial charge in [0.25, 0.3) is 0 Å². The Hall–Kier alpha value is -0.860. The van der Waals surface area contributed by atoms with Gasteiger partial charge in [0, 0.05) is 7.11 Å². The Morgan fingerprint density at radius 1 is 1.23 bits per heavy atom. The number of hydrogen-bond donors (Lipinski definition) is 0. The van der Waals surface area contributed by atoms with Crippen molar-refractivity contribution >= 4 is 0 Å². The van der Waals surface area contributed by atoms with Crippen LogP contribution in [0, 0.1) is 6.92 Å². The first-order chi connectivity index (χ1) is 6.27. The molecule has 1 aliphatic rings. The monoisotopic (exact) mass is 178 g/mol. The molecule has 2 heteroatoms. The van der Waals surface area contributed by atoms with E-state index in [0.29, 0.717) is 13.2 Å². The van der Waals surface area contributed by atoms with Crippen LogP contribution in [0.15, 0.2) is 24.3 Å².